The van der Waals surface area contributed by atoms with E-state index in [1.54, 1.807) is 6.92 Å². The topological polar surface area (TPSA) is 26.3 Å². The fourth-order valence-corrected chi connectivity index (χ4v) is 2.03. The van der Waals surface area contributed by atoms with Gasteiger partial charge in [0.25, 0.3) is 0 Å². The second-order valence-electron chi connectivity index (χ2n) is 5.26. The lowest BCUT2D eigenvalue weighted by molar-refractivity contribution is -0.412. The van der Waals surface area contributed by atoms with E-state index in [2.05, 4.69) is 4.74 Å². The van der Waals surface area contributed by atoms with Crippen molar-refractivity contribution in [2.75, 3.05) is 6.61 Å². The lowest BCUT2D eigenvalue weighted by Gasteiger charge is -2.36. The van der Waals surface area contributed by atoms with Gasteiger partial charge in [-0.2, -0.15) is 39.5 Å². The van der Waals surface area contributed by atoms with Crippen LogP contribution < -0.4 is 0 Å². The summed E-state index contributed by atoms with van der Waals surface area (Å²) in [6.07, 6.45) is -19.1. The minimum absolute atomic E-state index is 0.227. The highest BCUT2D eigenvalue weighted by Gasteiger charge is 2.89. The zero-order valence-electron chi connectivity index (χ0n) is 12.8. The Morgan fingerprint density at radius 2 is 1.29 bits per heavy atom. The highest BCUT2D eigenvalue weighted by atomic mass is 19.4. The molecule has 11 heteroatoms. The molecule has 24 heavy (non-hydrogen) atoms. The molecule has 0 aliphatic carbocycles. The van der Waals surface area contributed by atoms with Crippen molar-refractivity contribution in [1.29, 1.82) is 0 Å². The average Bonchev–Trinajstić information content (AvgIpc) is 2.34. The Labute approximate surface area is 132 Å². The van der Waals surface area contributed by atoms with Crippen molar-refractivity contribution in [2.24, 2.45) is 11.3 Å². The number of carbonyl (C=O) groups excluding carboxylic acids is 1. The quantitative estimate of drug-likeness (QED) is 0.438. The third-order valence-corrected chi connectivity index (χ3v) is 3.58. The monoisotopic (exact) mass is 376 g/mol. The molecule has 0 aromatic carbocycles. The number of carbonyl (C=O) groups is 1. The van der Waals surface area contributed by atoms with Crippen LogP contribution in [0.2, 0.25) is 0 Å². The fraction of sp³-hybridized carbons (Fsp3) is 0.923. The zero-order valence-corrected chi connectivity index (χ0v) is 12.8. The molecule has 0 aromatic rings. The van der Waals surface area contributed by atoms with E-state index in [0.717, 1.165) is 0 Å². The van der Waals surface area contributed by atoms with Crippen molar-refractivity contribution in [3.05, 3.63) is 0 Å². The molecule has 0 bridgehead atoms. The van der Waals surface area contributed by atoms with Crippen LogP contribution in [-0.4, -0.2) is 31.1 Å². The minimum Gasteiger partial charge on any atom is -0.464 e. The molecule has 0 aromatic heterocycles. The van der Waals surface area contributed by atoms with Gasteiger partial charge in [-0.1, -0.05) is 33.1 Å². The van der Waals surface area contributed by atoms with E-state index >= 15 is 0 Å². The summed E-state index contributed by atoms with van der Waals surface area (Å²) in [5.74, 6) is -4.02. The van der Waals surface area contributed by atoms with E-state index in [1.165, 1.54) is 6.92 Å². The summed E-state index contributed by atoms with van der Waals surface area (Å²) >= 11 is 0. The Morgan fingerprint density at radius 1 is 0.875 bits per heavy atom. The molecule has 0 rings (SSSR count). The summed E-state index contributed by atoms with van der Waals surface area (Å²) in [5.41, 5.74) is -6.56. The Bertz CT molecular complexity index is 373. The van der Waals surface area contributed by atoms with Crippen LogP contribution in [0.15, 0.2) is 0 Å². The van der Waals surface area contributed by atoms with Crippen molar-refractivity contribution in [1.82, 2.24) is 0 Å². The first kappa shape index (κ1) is 22.8. The Hall–Kier alpha value is -1.16. The van der Waals surface area contributed by atoms with Crippen LogP contribution in [0.3, 0.4) is 0 Å². The number of hydrogen-bond acceptors (Lipinski definition) is 2. The highest BCUT2D eigenvalue weighted by molar-refractivity contribution is 5.80. The van der Waals surface area contributed by atoms with Crippen LogP contribution in [0.25, 0.3) is 0 Å². The van der Waals surface area contributed by atoms with Crippen molar-refractivity contribution >= 4 is 5.97 Å². The first-order valence-corrected chi connectivity index (χ1v) is 7.04. The van der Waals surface area contributed by atoms with Crippen molar-refractivity contribution in [3.8, 4) is 0 Å². The van der Waals surface area contributed by atoms with Crippen LogP contribution >= 0.6 is 0 Å². The van der Waals surface area contributed by atoms with Gasteiger partial charge in [-0.25, -0.2) is 0 Å². The van der Waals surface area contributed by atoms with E-state index in [1.807, 2.05) is 0 Å². The molecule has 2 nitrogen and oxygen atoms in total. The summed E-state index contributed by atoms with van der Waals surface area (Å²) in [5, 5.41) is 0. The molecule has 0 unspecified atom stereocenters. The van der Waals surface area contributed by atoms with Crippen molar-refractivity contribution in [3.63, 3.8) is 0 Å². The number of hydrogen-bond donors (Lipinski definition) is 0. The van der Waals surface area contributed by atoms with E-state index in [0.29, 0.717) is 19.3 Å². The fourth-order valence-electron chi connectivity index (χ4n) is 2.03. The predicted octanol–water partition coefficient (Wildman–Crippen LogP) is 5.42. The predicted molar refractivity (Wildman–Crippen MR) is 64.9 cm³/mol. The number of esters is 1. The van der Waals surface area contributed by atoms with E-state index in [4.69, 9.17) is 0 Å². The van der Waals surface area contributed by atoms with Gasteiger partial charge in [0.1, 0.15) is 0 Å². The summed E-state index contributed by atoms with van der Waals surface area (Å²) in [7, 11) is 0. The molecule has 0 saturated heterocycles. The van der Waals surface area contributed by atoms with E-state index < -0.39 is 42.4 Å². The van der Waals surface area contributed by atoms with Gasteiger partial charge in [0.15, 0.2) is 0 Å². The first-order chi connectivity index (χ1) is 10.7. The SMILES string of the molecule is CCCC[C@@H](CC)COC(=O)C(C(F)(F)F)(C(F)(F)F)C(F)(F)F. The van der Waals surface area contributed by atoms with Crippen LogP contribution in [0, 0.1) is 11.3 Å². The number of halogens is 9. The molecule has 144 valence electrons. The van der Waals surface area contributed by atoms with Crippen LogP contribution in [-0.2, 0) is 9.53 Å². The maximum Gasteiger partial charge on any atom is 0.422 e. The zero-order chi connectivity index (χ0) is 19.4. The smallest absolute Gasteiger partial charge is 0.422 e. The molecule has 0 aliphatic rings. The van der Waals surface area contributed by atoms with Crippen molar-refractivity contribution < 1.29 is 49.0 Å². The molecule has 0 amide bonds. The van der Waals surface area contributed by atoms with Gasteiger partial charge < -0.3 is 4.74 Å². The van der Waals surface area contributed by atoms with Crippen molar-refractivity contribution in [2.45, 2.75) is 58.1 Å². The summed E-state index contributed by atoms with van der Waals surface area (Å²) in [6.45, 7) is 2.35. The van der Waals surface area contributed by atoms with Crippen LogP contribution in [0.4, 0.5) is 39.5 Å². The number of rotatable bonds is 7. The molecule has 0 saturated carbocycles. The Kier molecular flexibility index (Phi) is 7.44. The summed E-state index contributed by atoms with van der Waals surface area (Å²) in [6, 6.07) is 0. The maximum atomic E-state index is 12.7. The number of alkyl halides is 9. The largest absolute Gasteiger partial charge is 0.464 e. The molecule has 0 N–H and O–H groups in total. The maximum absolute atomic E-state index is 12.7. The lowest BCUT2D eigenvalue weighted by atomic mass is 9.85. The second kappa shape index (κ2) is 7.81. The van der Waals surface area contributed by atoms with Gasteiger partial charge >= 0.3 is 29.9 Å². The molecule has 0 heterocycles. The molecule has 0 spiro atoms. The third-order valence-electron chi connectivity index (χ3n) is 3.58. The van der Waals surface area contributed by atoms with Gasteiger partial charge in [-0.15, -0.1) is 0 Å². The van der Waals surface area contributed by atoms with Crippen LogP contribution in [0.1, 0.15) is 39.5 Å². The van der Waals surface area contributed by atoms with Gasteiger partial charge in [-0.05, 0) is 12.3 Å². The summed E-state index contributed by atoms with van der Waals surface area (Å²) < 4.78 is 118. The molecule has 0 radical (unpaired) electrons. The number of unbranched alkanes of at least 4 members (excludes halogenated alkanes) is 1. The molecular formula is C13H17F9O2. The molecule has 1 atom stereocenters. The molecule has 0 fully saturated rings. The second-order valence-corrected chi connectivity index (χ2v) is 5.26. The van der Waals surface area contributed by atoms with Gasteiger partial charge in [0.05, 0.1) is 6.61 Å². The highest BCUT2D eigenvalue weighted by Crippen LogP contribution is 2.60. The normalized spacial score (nSPS) is 15.3. The lowest BCUT2D eigenvalue weighted by Crippen LogP contribution is -2.64. The first-order valence-electron chi connectivity index (χ1n) is 7.04. The van der Waals surface area contributed by atoms with Crippen LogP contribution in [0.5, 0.6) is 0 Å². The Morgan fingerprint density at radius 3 is 1.58 bits per heavy atom. The Balaban J connectivity index is 5.65. The standard InChI is InChI=1S/C13H17F9O2/c1-3-5-6-8(4-2)7-24-9(23)10(11(14,15)16,12(17,18)19)13(20,21)22/h8H,3-7H2,1-2H3/t8-/m1/s1. The third kappa shape index (κ3) is 4.47. The van der Waals surface area contributed by atoms with E-state index in [9.17, 15) is 44.3 Å². The van der Waals surface area contributed by atoms with Gasteiger partial charge in [0.2, 0.25) is 0 Å². The van der Waals surface area contributed by atoms with Gasteiger partial charge in [-0.3, -0.25) is 4.79 Å². The molecule has 0 aliphatic heterocycles. The number of ether oxygens (including phenoxy) is 1. The molecular weight excluding hydrogens is 359 g/mol. The average molecular weight is 376 g/mol. The van der Waals surface area contributed by atoms with Gasteiger partial charge in [0, 0.05) is 0 Å². The summed E-state index contributed by atoms with van der Waals surface area (Å²) in [4.78, 5) is 11.3. The minimum atomic E-state index is -6.94. The van der Waals surface area contributed by atoms with E-state index in [-0.39, 0.29) is 6.42 Å².